The number of nitrogen functional groups attached to an aromatic ring is 1. The molecule has 0 radical (unpaired) electrons. The van der Waals surface area contributed by atoms with E-state index in [2.05, 4.69) is 32.4 Å². The van der Waals surface area contributed by atoms with Crippen molar-refractivity contribution >= 4 is 29.5 Å². The summed E-state index contributed by atoms with van der Waals surface area (Å²) in [5, 5.41) is 11.2. The number of rotatable bonds is 11. The Labute approximate surface area is 163 Å². The molecule has 0 saturated carbocycles. The first-order chi connectivity index (χ1) is 13.1. The number of nitrogens with zero attached hydrogens (tertiary/aromatic N) is 3. The molecule has 8 nitrogen and oxygen atoms in total. The third kappa shape index (κ3) is 6.90. The highest BCUT2D eigenvalue weighted by Crippen LogP contribution is 2.22. The molecule has 0 unspecified atom stereocenters. The van der Waals surface area contributed by atoms with E-state index in [4.69, 9.17) is 22.1 Å². The standard InChI is InChI=1S/C18H24ClN5O3/c1-2-3-4-5-6-7-10-26-15-9-8-14(19)11-13(15)12-21-22-18(25)16-17(20)24-27-23-16/h8-9,11-12H,2-7,10H2,1H3,(H2,20,24)(H,22,25)/b21-12-. The second-order valence-electron chi connectivity index (χ2n) is 6.00. The number of ether oxygens (including phenoxy) is 1. The van der Waals surface area contributed by atoms with Crippen LogP contribution in [0.25, 0.3) is 0 Å². The lowest BCUT2D eigenvalue weighted by Gasteiger charge is -2.09. The number of nitrogens with one attached hydrogen (secondary N) is 1. The van der Waals surface area contributed by atoms with Crippen LogP contribution in [0, 0.1) is 0 Å². The van der Waals surface area contributed by atoms with Crippen LogP contribution in [0.2, 0.25) is 5.02 Å². The molecular formula is C18H24ClN5O3. The minimum Gasteiger partial charge on any atom is -0.493 e. The third-order valence-electron chi connectivity index (χ3n) is 3.83. The average Bonchev–Trinajstić information content (AvgIpc) is 3.08. The van der Waals surface area contributed by atoms with Crippen molar-refractivity contribution in [3.8, 4) is 5.75 Å². The molecule has 0 fully saturated rings. The van der Waals surface area contributed by atoms with E-state index in [0.717, 1.165) is 12.8 Å². The number of hydrazone groups is 1. The molecule has 2 aromatic rings. The van der Waals surface area contributed by atoms with Crippen LogP contribution >= 0.6 is 11.6 Å². The minimum atomic E-state index is -0.624. The highest BCUT2D eigenvalue weighted by Gasteiger charge is 2.15. The second-order valence-corrected chi connectivity index (χ2v) is 6.43. The monoisotopic (exact) mass is 393 g/mol. The van der Waals surface area contributed by atoms with E-state index in [9.17, 15) is 4.79 Å². The molecule has 0 atom stereocenters. The lowest BCUT2D eigenvalue weighted by atomic mass is 10.1. The van der Waals surface area contributed by atoms with Gasteiger partial charge in [0, 0.05) is 10.6 Å². The molecule has 3 N–H and O–H groups in total. The molecule has 1 aromatic heterocycles. The molecule has 0 bridgehead atoms. The fourth-order valence-corrected chi connectivity index (χ4v) is 2.56. The van der Waals surface area contributed by atoms with Gasteiger partial charge in [0.1, 0.15) is 5.75 Å². The van der Waals surface area contributed by atoms with Crippen molar-refractivity contribution in [2.24, 2.45) is 5.10 Å². The van der Waals surface area contributed by atoms with Crippen LogP contribution in [0.5, 0.6) is 5.75 Å². The summed E-state index contributed by atoms with van der Waals surface area (Å²) < 4.78 is 10.2. The first-order valence-corrected chi connectivity index (χ1v) is 9.33. The number of hydrogen-bond acceptors (Lipinski definition) is 7. The van der Waals surface area contributed by atoms with Gasteiger partial charge in [-0.05, 0) is 34.9 Å². The Morgan fingerprint density at radius 1 is 1.30 bits per heavy atom. The van der Waals surface area contributed by atoms with E-state index < -0.39 is 5.91 Å². The molecule has 0 aliphatic heterocycles. The van der Waals surface area contributed by atoms with Gasteiger partial charge in [-0.3, -0.25) is 4.79 Å². The Kier molecular flexibility index (Phi) is 8.57. The Balaban J connectivity index is 1.87. The number of nitrogens with two attached hydrogens (primary N) is 1. The van der Waals surface area contributed by atoms with Gasteiger partial charge in [0.15, 0.2) is 0 Å². The second kappa shape index (κ2) is 11.2. The van der Waals surface area contributed by atoms with Crippen molar-refractivity contribution in [1.29, 1.82) is 0 Å². The fraction of sp³-hybridized carbons (Fsp3) is 0.444. The van der Waals surface area contributed by atoms with Crippen molar-refractivity contribution in [2.75, 3.05) is 12.3 Å². The smallest absolute Gasteiger partial charge is 0.297 e. The maximum atomic E-state index is 11.9. The molecular weight excluding hydrogens is 370 g/mol. The average molecular weight is 394 g/mol. The first-order valence-electron chi connectivity index (χ1n) is 8.95. The number of hydrogen-bond donors (Lipinski definition) is 2. The Hall–Kier alpha value is -2.61. The zero-order valence-corrected chi connectivity index (χ0v) is 16.0. The van der Waals surface area contributed by atoms with E-state index in [0.29, 0.717) is 22.9 Å². The topological polar surface area (TPSA) is 116 Å². The summed E-state index contributed by atoms with van der Waals surface area (Å²) in [6, 6.07) is 5.23. The molecule has 146 valence electrons. The highest BCUT2D eigenvalue weighted by molar-refractivity contribution is 6.30. The lowest BCUT2D eigenvalue weighted by molar-refractivity contribution is 0.0946. The highest BCUT2D eigenvalue weighted by atomic mass is 35.5. The van der Waals surface area contributed by atoms with Crippen LogP contribution in [0.4, 0.5) is 5.82 Å². The van der Waals surface area contributed by atoms with Crippen molar-refractivity contribution in [1.82, 2.24) is 15.7 Å². The van der Waals surface area contributed by atoms with E-state index in [1.54, 1.807) is 18.2 Å². The van der Waals surface area contributed by atoms with E-state index in [1.165, 1.54) is 31.9 Å². The number of aromatic nitrogens is 2. The first kappa shape index (κ1) is 20.7. The van der Waals surface area contributed by atoms with E-state index in [1.807, 2.05) is 0 Å². The number of benzene rings is 1. The van der Waals surface area contributed by atoms with Crippen molar-refractivity contribution in [3.63, 3.8) is 0 Å². The summed E-state index contributed by atoms with van der Waals surface area (Å²) in [5.74, 6) is -0.0800. The van der Waals surface area contributed by atoms with Gasteiger partial charge in [0.2, 0.25) is 11.5 Å². The predicted octanol–water partition coefficient (Wildman–Crippen LogP) is 3.81. The van der Waals surface area contributed by atoms with Gasteiger partial charge in [0.05, 0.1) is 12.8 Å². The number of amides is 1. The van der Waals surface area contributed by atoms with Crippen LogP contribution in [0.15, 0.2) is 27.9 Å². The zero-order valence-electron chi connectivity index (χ0n) is 15.3. The summed E-state index contributed by atoms with van der Waals surface area (Å²) in [4.78, 5) is 11.9. The van der Waals surface area contributed by atoms with Crippen molar-refractivity contribution < 1.29 is 14.2 Å². The van der Waals surface area contributed by atoms with Gasteiger partial charge < -0.3 is 10.5 Å². The van der Waals surface area contributed by atoms with Gasteiger partial charge >= 0.3 is 0 Å². The number of carbonyl (C=O) groups is 1. The fourth-order valence-electron chi connectivity index (χ4n) is 2.38. The molecule has 27 heavy (non-hydrogen) atoms. The van der Waals surface area contributed by atoms with Crippen molar-refractivity contribution in [3.05, 3.63) is 34.5 Å². The van der Waals surface area contributed by atoms with Gasteiger partial charge in [-0.15, -0.1) is 0 Å². The zero-order chi connectivity index (χ0) is 19.5. The van der Waals surface area contributed by atoms with Crippen molar-refractivity contribution in [2.45, 2.75) is 45.4 Å². The number of unbranched alkanes of at least 4 members (excludes halogenated alkanes) is 5. The maximum Gasteiger partial charge on any atom is 0.297 e. The predicted molar refractivity (Wildman–Crippen MR) is 104 cm³/mol. The molecule has 2 rings (SSSR count). The number of halogens is 1. The normalized spacial score (nSPS) is 11.0. The van der Waals surface area contributed by atoms with Gasteiger partial charge in [-0.1, -0.05) is 50.6 Å². The summed E-state index contributed by atoms with van der Waals surface area (Å²) in [6.45, 7) is 2.81. The third-order valence-corrected chi connectivity index (χ3v) is 4.06. The molecule has 1 amide bonds. The van der Waals surface area contributed by atoms with E-state index >= 15 is 0 Å². The molecule has 1 heterocycles. The van der Waals surface area contributed by atoms with E-state index in [-0.39, 0.29) is 11.5 Å². The molecule has 0 spiro atoms. The van der Waals surface area contributed by atoms with Crippen LogP contribution in [0.1, 0.15) is 61.5 Å². The summed E-state index contributed by atoms with van der Waals surface area (Å²) >= 11 is 6.04. The molecule has 1 aromatic carbocycles. The van der Waals surface area contributed by atoms with Crippen LogP contribution < -0.4 is 15.9 Å². The SMILES string of the molecule is CCCCCCCCOc1ccc(Cl)cc1/C=N\NC(=O)c1nonc1N. The molecule has 0 aliphatic rings. The maximum absolute atomic E-state index is 11.9. The Morgan fingerprint density at radius 2 is 2.07 bits per heavy atom. The number of anilines is 1. The quantitative estimate of drug-likeness (QED) is 0.340. The lowest BCUT2D eigenvalue weighted by Crippen LogP contribution is -2.19. The van der Waals surface area contributed by atoms with Crippen LogP contribution in [-0.4, -0.2) is 29.0 Å². The van der Waals surface area contributed by atoms with Gasteiger partial charge in [0.25, 0.3) is 5.91 Å². The van der Waals surface area contributed by atoms with Gasteiger partial charge in [-0.25, -0.2) is 10.1 Å². The van der Waals surface area contributed by atoms with Crippen LogP contribution in [-0.2, 0) is 0 Å². The summed E-state index contributed by atoms with van der Waals surface area (Å²) in [7, 11) is 0. The number of carbonyl (C=O) groups excluding carboxylic acids is 1. The summed E-state index contributed by atoms with van der Waals surface area (Å²) in [5.41, 5.74) is 8.29. The van der Waals surface area contributed by atoms with Gasteiger partial charge in [-0.2, -0.15) is 5.10 Å². The molecule has 0 saturated heterocycles. The largest absolute Gasteiger partial charge is 0.493 e. The van der Waals surface area contributed by atoms with Crippen LogP contribution in [0.3, 0.4) is 0 Å². The summed E-state index contributed by atoms with van der Waals surface area (Å²) in [6.07, 6.45) is 8.57. The molecule has 9 heteroatoms. The minimum absolute atomic E-state index is 0.103. The Morgan fingerprint density at radius 3 is 2.81 bits per heavy atom. The Bertz CT molecular complexity index is 763. The molecule has 0 aliphatic carbocycles.